The molecule has 1 unspecified atom stereocenters. The van der Waals surface area contributed by atoms with E-state index in [9.17, 15) is 4.39 Å². The average Bonchev–Trinajstić information content (AvgIpc) is 2.28. The van der Waals surface area contributed by atoms with Gasteiger partial charge in [-0.25, -0.2) is 4.39 Å². The fraction of sp³-hybridized carbons (Fsp3) is 0.462. The molecule has 0 bridgehead atoms. The zero-order chi connectivity index (χ0) is 12.0. The Balaban J connectivity index is 2.54. The second-order valence-corrected chi connectivity index (χ2v) is 5.02. The molecule has 0 saturated carbocycles. The maximum atomic E-state index is 13.1. The molecule has 0 spiro atoms. The van der Waals surface area contributed by atoms with Crippen molar-refractivity contribution in [1.29, 1.82) is 5.26 Å². The van der Waals surface area contributed by atoms with Crippen LogP contribution in [-0.2, 0) is 5.75 Å². The van der Waals surface area contributed by atoms with Gasteiger partial charge in [0.1, 0.15) is 5.82 Å². The lowest BCUT2D eigenvalue weighted by atomic mass is 10.1. The van der Waals surface area contributed by atoms with Crippen LogP contribution in [0.1, 0.15) is 31.4 Å². The summed E-state index contributed by atoms with van der Waals surface area (Å²) in [7, 11) is 0. The standard InChI is InChI=1S/C13H16FNS/c1-3-10(2)8-16-9-12-4-11(7-15)5-13(14)6-12/h4-6,10H,3,8-9H2,1-2H3. The first-order chi connectivity index (χ1) is 7.65. The van der Waals surface area contributed by atoms with Crippen LogP contribution >= 0.6 is 11.8 Å². The molecule has 3 heteroatoms. The van der Waals surface area contributed by atoms with Gasteiger partial charge < -0.3 is 0 Å². The van der Waals surface area contributed by atoms with Crippen molar-refractivity contribution in [3.8, 4) is 6.07 Å². The normalized spacial score (nSPS) is 12.1. The molecular weight excluding hydrogens is 221 g/mol. The number of benzene rings is 1. The largest absolute Gasteiger partial charge is 0.207 e. The molecule has 0 aromatic heterocycles. The highest BCUT2D eigenvalue weighted by Crippen LogP contribution is 2.18. The fourth-order valence-electron chi connectivity index (χ4n) is 1.29. The Kier molecular flexibility index (Phi) is 5.34. The molecule has 16 heavy (non-hydrogen) atoms. The summed E-state index contributed by atoms with van der Waals surface area (Å²) >= 11 is 1.79. The molecule has 0 amide bonds. The predicted octanol–water partition coefficient (Wildman–Crippen LogP) is 3.98. The highest BCUT2D eigenvalue weighted by molar-refractivity contribution is 7.98. The van der Waals surface area contributed by atoms with E-state index in [2.05, 4.69) is 13.8 Å². The Labute approximate surface area is 101 Å². The van der Waals surface area contributed by atoms with Gasteiger partial charge in [0.25, 0.3) is 0 Å². The summed E-state index contributed by atoms with van der Waals surface area (Å²) in [5.74, 6) is 2.22. The molecule has 0 saturated heterocycles. The third-order valence-corrected chi connectivity index (χ3v) is 3.80. The van der Waals surface area contributed by atoms with Crippen molar-refractivity contribution in [2.75, 3.05) is 5.75 Å². The Morgan fingerprint density at radius 1 is 1.44 bits per heavy atom. The van der Waals surface area contributed by atoms with Crippen LogP contribution in [-0.4, -0.2) is 5.75 Å². The first-order valence-corrected chi connectivity index (χ1v) is 6.58. The quantitative estimate of drug-likeness (QED) is 0.773. The minimum atomic E-state index is -0.321. The molecule has 0 fully saturated rings. The van der Waals surface area contributed by atoms with Crippen molar-refractivity contribution in [3.05, 3.63) is 35.1 Å². The lowest BCUT2D eigenvalue weighted by Gasteiger charge is -2.07. The second-order valence-electron chi connectivity index (χ2n) is 3.99. The van der Waals surface area contributed by atoms with E-state index in [1.807, 2.05) is 6.07 Å². The van der Waals surface area contributed by atoms with Gasteiger partial charge in [-0.2, -0.15) is 17.0 Å². The van der Waals surface area contributed by atoms with Crippen LogP contribution in [0.25, 0.3) is 0 Å². The predicted molar refractivity (Wildman–Crippen MR) is 66.7 cm³/mol. The zero-order valence-corrected chi connectivity index (χ0v) is 10.5. The van der Waals surface area contributed by atoms with E-state index in [1.165, 1.54) is 18.6 Å². The molecule has 1 rings (SSSR count). The summed E-state index contributed by atoms with van der Waals surface area (Å²) in [6, 6.07) is 6.50. The molecule has 0 heterocycles. The summed E-state index contributed by atoms with van der Waals surface area (Å²) in [5.41, 5.74) is 1.30. The van der Waals surface area contributed by atoms with Gasteiger partial charge in [0.15, 0.2) is 0 Å². The van der Waals surface area contributed by atoms with Crippen LogP contribution in [0.3, 0.4) is 0 Å². The maximum Gasteiger partial charge on any atom is 0.124 e. The van der Waals surface area contributed by atoms with Crippen molar-refractivity contribution in [3.63, 3.8) is 0 Å². The fourth-order valence-corrected chi connectivity index (χ4v) is 2.45. The van der Waals surface area contributed by atoms with E-state index >= 15 is 0 Å². The zero-order valence-electron chi connectivity index (χ0n) is 9.66. The topological polar surface area (TPSA) is 23.8 Å². The number of halogens is 1. The van der Waals surface area contributed by atoms with Gasteiger partial charge in [-0.1, -0.05) is 20.3 Å². The molecule has 0 aliphatic rings. The van der Waals surface area contributed by atoms with Crippen LogP contribution in [0.15, 0.2) is 18.2 Å². The monoisotopic (exact) mass is 237 g/mol. The van der Waals surface area contributed by atoms with Gasteiger partial charge in [-0.15, -0.1) is 0 Å². The van der Waals surface area contributed by atoms with Gasteiger partial charge in [0, 0.05) is 5.75 Å². The molecule has 0 aliphatic heterocycles. The van der Waals surface area contributed by atoms with Gasteiger partial charge in [-0.3, -0.25) is 0 Å². The van der Waals surface area contributed by atoms with E-state index in [0.29, 0.717) is 11.5 Å². The molecule has 1 nitrogen and oxygen atoms in total. The minimum absolute atomic E-state index is 0.321. The second kappa shape index (κ2) is 6.55. The lowest BCUT2D eigenvalue weighted by Crippen LogP contribution is -1.96. The maximum absolute atomic E-state index is 13.1. The Morgan fingerprint density at radius 3 is 2.81 bits per heavy atom. The number of hydrogen-bond donors (Lipinski definition) is 0. The first kappa shape index (κ1) is 13.1. The van der Waals surface area contributed by atoms with Crippen LogP contribution in [0.2, 0.25) is 0 Å². The average molecular weight is 237 g/mol. The number of rotatable bonds is 5. The van der Waals surface area contributed by atoms with Crippen molar-refractivity contribution in [2.24, 2.45) is 5.92 Å². The van der Waals surface area contributed by atoms with E-state index in [4.69, 9.17) is 5.26 Å². The van der Waals surface area contributed by atoms with E-state index < -0.39 is 0 Å². The highest BCUT2D eigenvalue weighted by Gasteiger charge is 2.03. The third kappa shape index (κ3) is 4.24. The van der Waals surface area contributed by atoms with E-state index in [-0.39, 0.29) is 5.82 Å². The molecule has 1 atom stereocenters. The van der Waals surface area contributed by atoms with Crippen LogP contribution < -0.4 is 0 Å². The Morgan fingerprint density at radius 2 is 2.19 bits per heavy atom. The Bertz CT molecular complexity index is 384. The molecule has 1 aromatic carbocycles. The summed E-state index contributed by atoms with van der Waals surface area (Å²) < 4.78 is 13.1. The number of hydrogen-bond acceptors (Lipinski definition) is 2. The number of nitrogens with zero attached hydrogens (tertiary/aromatic N) is 1. The molecule has 0 N–H and O–H groups in total. The van der Waals surface area contributed by atoms with Gasteiger partial charge in [0.2, 0.25) is 0 Å². The highest BCUT2D eigenvalue weighted by atomic mass is 32.2. The Hall–Kier alpha value is -1.01. The molecule has 0 aliphatic carbocycles. The molecule has 86 valence electrons. The van der Waals surface area contributed by atoms with Gasteiger partial charge in [0.05, 0.1) is 11.6 Å². The minimum Gasteiger partial charge on any atom is -0.207 e. The lowest BCUT2D eigenvalue weighted by molar-refractivity contribution is 0.625. The number of nitriles is 1. The molecular formula is C13H16FNS. The van der Waals surface area contributed by atoms with Gasteiger partial charge >= 0.3 is 0 Å². The first-order valence-electron chi connectivity index (χ1n) is 5.43. The molecule has 1 aromatic rings. The smallest absolute Gasteiger partial charge is 0.124 e. The number of thioether (sulfide) groups is 1. The van der Waals surface area contributed by atoms with Crippen LogP contribution in [0.4, 0.5) is 4.39 Å². The van der Waals surface area contributed by atoms with Crippen LogP contribution in [0.5, 0.6) is 0 Å². The summed E-state index contributed by atoms with van der Waals surface area (Å²) in [6.07, 6.45) is 1.17. The summed E-state index contributed by atoms with van der Waals surface area (Å²) in [4.78, 5) is 0. The van der Waals surface area contributed by atoms with Crippen molar-refractivity contribution in [2.45, 2.75) is 26.0 Å². The van der Waals surface area contributed by atoms with Crippen molar-refractivity contribution < 1.29 is 4.39 Å². The van der Waals surface area contributed by atoms with Crippen molar-refractivity contribution in [1.82, 2.24) is 0 Å². The van der Waals surface area contributed by atoms with Crippen LogP contribution in [0, 0.1) is 23.1 Å². The third-order valence-electron chi connectivity index (χ3n) is 2.45. The van der Waals surface area contributed by atoms with E-state index in [0.717, 1.165) is 17.1 Å². The van der Waals surface area contributed by atoms with E-state index in [1.54, 1.807) is 17.8 Å². The summed E-state index contributed by atoms with van der Waals surface area (Å²) in [5, 5.41) is 8.71. The van der Waals surface area contributed by atoms with Crippen molar-refractivity contribution >= 4 is 11.8 Å². The van der Waals surface area contributed by atoms with Gasteiger partial charge in [-0.05, 0) is 35.4 Å². The summed E-state index contributed by atoms with van der Waals surface area (Å²) in [6.45, 7) is 4.38. The molecule has 0 radical (unpaired) electrons. The SMILES string of the molecule is CCC(C)CSCc1cc(F)cc(C#N)c1.